The molecule has 0 saturated carbocycles. The summed E-state index contributed by atoms with van der Waals surface area (Å²) in [5.41, 5.74) is 4.40. The fraction of sp³-hybridized carbons (Fsp3) is 0.320. The lowest BCUT2D eigenvalue weighted by Crippen LogP contribution is -2.32. The van der Waals surface area contributed by atoms with Crippen molar-refractivity contribution in [1.82, 2.24) is 24.5 Å². The van der Waals surface area contributed by atoms with Gasteiger partial charge in [-0.3, -0.25) is 9.88 Å². The lowest BCUT2D eigenvalue weighted by molar-refractivity contribution is -0.193. The van der Waals surface area contributed by atoms with Crippen LogP contribution in [0.15, 0.2) is 65.9 Å². The van der Waals surface area contributed by atoms with E-state index in [1.165, 1.54) is 5.56 Å². The Morgan fingerprint density at radius 3 is 2.00 bits per heavy atom. The number of carboxylic acid groups (broad SMARTS) is 2. The quantitative estimate of drug-likeness (QED) is 0.315. The SMILES string of the molecule is O=C(O)C(F)(F)F.O=C(O)C(F)(F)F.c1cc(-c2ccc3nc(C4CCN(Cc5ccoc5)CC4)nn3c2)ccn1. The van der Waals surface area contributed by atoms with Crippen molar-refractivity contribution in [3.63, 3.8) is 0 Å². The second kappa shape index (κ2) is 13.3. The first-order chi connectivity index (χ1) is 19.2. The van der Waals surface area contributed by atoms with Crippen molar-refractivity contribution in [3.05, 3.63) is 72.8 Å². The predicted octanol–water partition coefficient (Wildman–Crippen LogP) is 5.03. The van der Waals surface area contributed by atoms with Crippen LogP contribution >= 0.6 is 0 Å². The predicted molar refractivity (Wildman–Crippen MR) is 130 cm³/mol. The Balaban J connectivity index is 0.000000276. The van der Waals surface area contributed by atoms with Gasteiger partial charge in [-0.15, -0.1) is 0 Å². The molecule has 1 aliphatic rings. The Hall–Kier alpha value is -4.47. The number of furan rings is 1. The molecule has 0 radical (unpaired) electrons. The summed E-state index contributed by atoms with van der Waals surface area (Å²) in [7, 11) is 0. The van der Waals surface area contributed by atoms with Crippen LogP contribution < -0.4 is 0 Å². The van der Waals surface area contributed by atoms with E-state index in [0.29, 0.717) is 5.92 Å². The third-order valence-electron chi connectivity index (χ3n) is 5.79. The zero-order valence-electron chi connectivity index (χ0n) is 21.0. The smallest absolute Gasteiger partial charge is 0.475 e. The Bertz CT molecular complexity index is 1390. The number of aromatic nitrogens is 4. The van der Waals surface area contributed by atoms with Gasteiger partial charge in [-0.25, -0.2) is 19.1 Å². The zero-order chi connectivity index (χ0) is 30.2. The van der Waals surface area contributed by atoms with Crippen LogP contribution in [0.2, 0.25) is 0 Å². The number of nitrogens with zero attached hydrogens (tertiary/aromatic N) is 5. The van der Waals surface area contributed by atoms with Crippen LogP contribution in [0.25, 0.3) is 16.8 Å². The molecule has 16 heteroatoms. The van der Waals surface area contributed by atoms with Gasteiger partial charge in [-0.1, -0.05) is 0 Å². The molecule has 1 aliphatic heterocycles. The number of hydrogen-bond acceptors (Lipinski definition) is 7. The molecule has 0 amide bonds. The van der Waals surface area contributed by atoms with Crippen molar-refractivity contribution < 1.29 is 50.6 Å². The van der Waals surface area contributed by atoms with Crippen LogP contribution in [0.5, 0.6) is 0 Å². The number of pyridine rings is 2. The summed E-state index contributed by atoms with van der Waals surface area (Å²) in [6.45, 7) is 3.08. The third-order valence-corrected chi connectivity index (χ3v) is 5.79. The fourth-order valence-corrected chi connectivity index (χ4v) is 3.78. The zero-order valence-corrected chi connectivity index (χ0v) is 21.0. The number of fused-ring (bicyclic) bond motifs is 1. The van der Waals surface area contributed by atoms with Crippen molar-refractivity contribution in [2.24, 2.45) is 0 Å². The molecule has 4 aromatic heterocycles. The van der Waals surface area contributed by atoms with E-state index in [2.05, 4.69) is 22.1 Å². The van der Waals surface area contributed by atoms with Crippen LogP contribution in [-0.4, -0.2) is 72.1 Å². The molecule has 0 spiro atoms. The van der Waals surface area contributed by atoms with E-state index < -0.39 is 24.3 Å². The minimum atomic E-state index is -5.08. The molecular weight excluding hydrogens is 564 g/mol. The molecule has 0 unspecified atom stereocenters. The summed E-state index contributed by atoms with van der Waals surface area (Å²) >= 11 is 0. The second-order valence-corrected chi connectivity index (χ2v) is 8.71. The number of halogens is 6. The molecule has 4 aromatic rings. The highest BCUT2D eigenvalue weighted by Gasteiger charge is 2.38. The minimum absolute atomic E-state index is 0.426. The number of rotatable bonds is 4. The maximum atomic E-state index is 10.6. The maximum absolute atomic E-state index is 10.6. The van der Waals surface area contributed by atoms with E-state index in [1.807, 2.05) is 47.4 Å². The first kappa shape index (κ1) is 31.1. The van der Waals surface area contributed by atoms with E-state index in [0.717, 1.165) is 55.1 Å². The minimum Gasteiger partial charge on any atom is -0.475 e. The van der Waals surface area contributed by atoms with Crippen LogP contribution in [0.1, 0.15) is 30.1 Å². The molecule has 41 heavy (non-hydrogen) atoms. The lowest BCUT2D eigenvalue weighted by atomic mass is 9.96. The van der Waals surface area contributed by atoms with Crippen LogP contribution in [0.4, 0.5) is 26.3 Å². The molecule has 1 fully saturated rings. The molecule has 0 bridgehead atoms. The summed E-state index contributed by atoms with van der Waals surface area (Å²) in [4.78, 5) is 29.1. The summed E-state index contributed by atoms with van der Waals surface area (Å²) in [5, 5.41) is 19.0. The molecule has 0 atom stereocenters. The molecule has 1 saturated heterocycles. The van der Waals surface area contributed by atoms with Crippen LogP contribution in [0.3, 0.4) is 0 Å². The highest BCUT2D eigenvalue weighted by Crippen LogP contribution is 2.28. The molecular formula is C25H23F6N5O5. The largest absolute Gasteiger partial charge is 0.490 e. The first-order valence-electron chi connectivity index (χ1n) is 11.8. The Morgan fingerprint density at radius 2 is 1.49 bits per heavy atom. The Labute approximate surface area is 227 Å². The van der Waals surface area contributed by atoms with Gasteiger partial charge >= 0.3 is 24.3 Å². The van der Waals surface area contributed by atoms with Gasteiger partial charge in [0.1, 0.15) is 0 Å². The summed E-state index contributed by atoms with van der Waals surface area (Å²) < 4.78 is 70.5. The Kier molecular flexibility index (Phi) is 10.0. The number of alkyl halides is 6. The van der Waals surface area contributed by atoms with Gasteiger partial charge in [0.15, 0.2) is 11.5 Å². The van der Waals surface area contributed by atoms with Crippen molar-refractivity contribution in [2.75, 3.05) is 13.1 Å². The van der Waals surface area contributed by atoms with Gasteiger partial charge in [0.2, 0.25) is 0 Å². The van der Waals surface area contributed by atoms with E-state index in [1.54, 1.807) is 6.26 Å². The van der Waals surface area contributed by atoms with Gasteiger partial charge in [-0.05, 0) is 61.8 Å². The highest BCUT2D eigenvalue weighted by molar-refractivity contribution is 5.73. The number of carboxylic acids is 2. The van der Waals surface area contributed by atoms with Gasteiger partial charge in [-0.2, -0.15) is 31.4 Å². The molecule has 220 valence electrons. The van der Waals surface area contributed by atoms with Crippen molar-refractivity contribution in [2.45, 2.75) is 37.7 Å². The van der Waals surface area contributed by atoms with Crippen molar-refractivity contribution in [3.8, 4) is 11.1 Å². The second-order valence-electron chi connectivity index (χ2n) is 8.71. The van der Waals surface area contributed by atoms with Crippen LogP contribution in [-0.2, 0) is 16.1 Å². The third kappa shape index (κ3) is 9.30. The summed E-state index contributed by atoms with van der Waals surface area (Å²) in [6, 6.07) is 10.2. The molecule has 2 N–H and O–H groups in total. The summed E-state index contributed by atoms with van der Waals surface area (Å²) in [6.07, 6.45) is 1.25. The van der Waals surface area contributed by atoms with Gasteiger partial charge in [0.25, 0.3) is 0 Å². The van der Waals surface area contributed by atoms with E-state index >= 15 is 0 Å². The molecule has 10 nitrogen and oxygen atoms in total. The normalized spacial score (nSPS) is 14.5. The number of piperidine rings is 1. The average molecular weight is 587 g/mol. The Morgan fingerprint density at radius 1 is 0.902 bits per heavy atom. The van der Waals surface area contributed by atoms with Gasteiger partial charge < -0.3 is 14.6 Å². The topological polar surface area (TPSA) is 134 Å². The standard InChI is InChI=1S/C21H21N5O.2C2HF3O2/c1-2-20-23-21(24-26(20)14-19(1)17-3-8-22-9-4-17)18-5-10-25(11-6-18)13-16-7-12-27-15-16;2*3-2(4,5)1(6)7/h1-4,7-9,12,14-15,18H,5-6,10-11,13H2;2*(H,6,7). The monoisotopic (exact) mass is 587 g/mol. The number of aliphatic carboxylic acids is 2. The maximum Gasteiger partial charge on any atom is 0.490 e. The number of likely N-dealkylation sites (tertiary alicyclic amines) is 1. The summed E-state index contributed by atoms with van der Waals surface area (Å²) in [5.74, 6) is -4.13. The fourth-order valence-electron chi connectivity index (χ4n) is 3.78. The number of hydrogen-bond donors (Lipinski definition) is 2. The first-order valence-corrected chi connectivity index (χ1v) is 11.8. The molecule has 0 aromatic carbocycles. The number of carbonyl (C=O) groups is 2. The van der Waals surface area contributed by atoms with E-state index in [-0.39, 0.29) is 0 Å². The highest BCUT2D eigenvalue weighted by atomic mass is 19.4. The lowest BCUT2D eigenvalue weighted by Gasteiger charge is -2.30. The van der Waals surface area contributed by atoms with Crippen molar-refractivity contribution in [1.29, 1.82) is 0 Å². The van der Waals surface area contributed by atoms with E-state index in [4.69, 9.17) is 34.3 Å². The van der Waals surface area contributed by atoms with E-state index in [9.17, 15) is 26.3 Å². The van der Waals surface area contributed by atoms with Crippen molar-refractivity contribution >= 4 is 17.6 Å². The molecule has 5 heterocycles. The van der Waals surface area contributed by atoms with Gasteiger partial charge in [0.05, 0.1) is 12.5 Å². The van der Waals surface area contributed by atoms with Gasteiger partial charge in [0, 0.05) is 42.2 Å². The molecule has 0 aliphatic carbocycles. The van der Waals surface area contributed by atoms with Crippen LogP contribution in [0, 0.1) is 0 Å². The average Bonchev–Trinajstić information content (AvgIpc) is 3.59. The molecule has 5 rings (SSSR count).